The monoisotopic (exact) mass is 310 g/mol. The van der Waals surface area contributed by atoms with Crippen molar-refractivity contribution in [3.05, 3.63) is 58.8 Å². The summed E-state index contributed by atoms with van der Waals surface area (Å²) < 4.78 is 38.3. The van der Waals surface area contributed by atoms with Gasteiger partial charge in [-0.1, -0.05) is 0 Å². The number of aromatic nitrogens is 1. The molecule has 1 aromatic heterocycles. The number of halogens is 1. The molecule has 1 heterocycles. The Morgan fingerprint density at radius 3 is 2.43 bits per heavy atom. The smallest absolute Gasteiger partial charge is 0.250 e. The van der Waals surface area contributed by atoms with Crippen molar-refractivity contribution >= 4 is 15.5 Å². The molecule has 112 valence electrons. The van der Waals surface area contributed by atoms with Crippen molar-refractivity contribution in [3.63, 3.8) is 0 Å². The summed E-state index contributed by atoms with van der Waals surface area (Å²) in [5.74, 6) is -0.611. The van der Waals surface area contributed by atoms with Gasteiger partial charge in [0.15, 0.2) is 9.84 Å². The van der Waals surface area contributed by atoms with Gasteiger partial charge in [-0.15, -0.1) is 0 Å². The number of nitrogens with two attached hydrogens (primary N) is 1. The molecule has 0 radical (unpaired) electrons. The SMILES string of the molecule is Nc1ccc(=O)n(CCCS(=O)(=O)c2ccc(F)cc2)c1. The molecule has 0 bridgehead atoms. The lowest BCUT2D eigenvalue weighted by atomic mass is 10.3. The lowest BCUT2D eigenvalue weighted by Gasteiger charge is -2.07. The fraction of sp³-hybridized carbons (Fsp3) is 0.214. The van der Waals surface area contributed by atoms with Crippen LogP contribution in [0.1, 0.15) is 6.42 Å². The Kier molecular flexibility index (Phi) is 4.42. The Bertz CT molecular complexity index is 783. The number of anilines is 1. The van der Waals surface area contributed by atoms with E-state index in [1.54, 1.807) is 0 Å². The third-order valence-corrected chi connectivity index (χ3v) is 4.81. The van der Waals surface area contributed by atoms with Crippen molar-refractivity contribution in [2.75, 3.05) is 11.5 Å². The van der Waals surface area contributed by atoms with Gasteiger partial charge in [-0.05, 0) is 36.8 Å². The Hall–Kier alpha value is -2.15. The van der Waals surface area contributed by atoms with Crippen molar-refractivity contribution in [1.29, 1.82) is 0 Å². The zero-order chi connectivity index (χ0) is 15.5. The van der Waals surface area contributed by atoms with Crippen molar-refractivity contribution in [3.8, 4) is 0 Å². The molecule has 7 heteroatoms. The van der Waals surface area contributed by atoms with Gasteiger partial charge in [0.25, 0.3) is 5.56 Å². The normalized spacial score (nSPS) is 11.5. The molecule has 0 aliphatic rings. The van der Waals surface area contributed by atoms with Gasteiger partial charge in [0.1, 0.15) is 5.82 Å². The Labute approximate surface area is 121 Å². The van der Waals surface area contributed by atoms with Crippen LogP contribution in [-0.4, -0.2) is 18.7 Å². The van der Waals surface area contributed by atoms with Crippen LogP contribution in [0, 0.1) is 5.82 Å². The number of benzene rings is 1. The van der Waals surface area contributed by atoms with Crippen molar-refractivity contribution in [2.45, 2.75) is 17.9 Å². The Morgan fingerprint density at radius 1 is 1.10 bits per heavy atom. The average molecular weight is 310 g/mol. The van der Waals surface area contributed by atoms with E-state index in [1.807, 2.05) is 0 Å². The first-order valence-electron chi connectivity index (χ1n) is 6.33. The van der Waals surface area contributed by atoms with Gasteiger partial charge < -0.3 is 10.3 Å². The first-order valence-corrected chi connectivity index (χ1v) is 7.98. The van der Waals surface area contributed by atoms with Crippen LogP contribution in [0.5, 0.6) is 0 Å². The molecule has 0 saturated heterocycles. The average Bonchev–Trinajstić information content (AvgIpc) is 2.43. The summed E-state index contributed by atoms with van der Waals surface area (Å²) in [7, 11) is -3.48. The van der Waals surface area contributed by atoms with E-state index in [0.717, 1.165) is 12.1 Å². The van der Waals surface area contributed by atoms with Crippen molar-refractivity contribution < 1.29 is 12.8 Å². The van der Waals surface area contributed by atoms with E-state index in [9.17, 15) is 17.6 Å². The maximum Gasteiger partial charge on any atom is 0.250 e. The van der Waals surface area contributed by atoms with Crippen LogP contribution in [0.15, 0.2) is 52.3 Å². The molecular formula is C14H15FN2O3S. The Morgan fingerprint density at radius 2 is 1.76 bits per heavy atom. The van der Waals surface area contributed by atoms with Crippen molar-refractivity contribution in [1.82, 2.24) is 4.57 Å². The molecule has 0 saturated carbocycles. The number of hydrogen-bond acceptors (Lipinski definition) is 4. The fourth-order valence-corrected chi connectivity index (χ4v) is 3.20. The highest BCUT2D eigenvalue weighted by Gasteiger charge is 2.14. The molecule has 1 aromatic carbocycles. The summed E-state index contributed by atoms with van der Waals surface area (Å²) in [5.41, 5.74) is 5.78. The topological polar surface area (TPSA) is 82.2 Å². The number of pyridine rings is 1. The number of nitrogen functional groups attached to an aromatic ring is 1. The predicted octanol–water partition coefficient (Wildman–Crippen LogP) is 1.43. The molecule has 5 nitrogen and oxygen atoms in total. The molecule has 0 amide bonds. The fourth-order valence-electron chi connectivity index (χ4n) is 1.91. The molecule has 0 aliphatic carbocycles. The summed E-state index contributed by atoms with van der Waals surface area (Å²) in [6.45, 7) is 0.254. The van der Waals surface area contributed by atoms with E-state index in [-0.39, 0.29) is 29.2 Å². The summed E-state index contributed by atoms with van der Waals surface area (Å²) >= 11 is 0. The first-order chi connectivity index (χ1) is 9.88. The predicted molar refractivity (Wildman–Crippen MR) is 78.2 cm³/mol. The molecule has 0 spiro atoms. The van der Waals surface area contributed by atoms with Crippen LogP contribution < -0.4 is 11.3 Å². The highest BCUT2D eigenvalue weighted by Crippen LogP contribution is 2.13. The van der Waals surface area contributed by atoms with Gasteiger partial charge in [0.2, 0.25) is 0 Å². The molecule has 0 unspecified atom stereocenters. The van der Waals surface area contributed by atoms with Crippen LogP contribution in [-0.2, 0) is 16.4 Å². The minimum absolute atomic E-state index is 0.0730. The third kappa shape index (κ3) is 3.91. The molecular weight excluding hydrogens is 295 g/mol. The maximum absolute atomic E-state index is 12.8. The van der Waals surface area contributed by atoms with Crippen LogP contribution in [0.25, 0.3) is 0 Å². The van der Waals surface area contributed by atoms with Gasteiger partial charge in [-0.25, -0.2) is 12.8 Å². The van der Waals surface area contributed by atoms with Crippen LogP contribution in [0.3, 0.4) is 0 Å². The number of nitrogens with zero attached hydrogens (tertiary/aromatic N) is 1. The van der Waals surface area contributed by atoms with E-state index in [4.69, 9.17) is 5.73 Å². The van der Waals surface area contributed by atoms with Crippen LogP contribution >= 0.6 is 0 Å². The quantitative estimate of drug-likeness (QED) is 0.847. The van der Waals surface area contributed by atoms with E-state index in [2.05, 4.69) is 0 Å². The summed E-state index contributed by atoms with van der Waals surface area (Å²) in [6, 6.07) is 7.51. The molecule has 2 aromatic rings. The zero-order valence-electron chi connectivity index (χ0n) is 11.2. The van der Waals surface area contributed by atoms with Gasteiger partial charge >= 0.3 is 0 Å². The number of rotatable bonds is 5. The lowest BCUT2D eigenvalue weighted by Crippen LogP contribution is -2.20. The van der Waals surface area contributed by atoms with E-state index in [1.165, 1.54) is 35.0 Å². The molecule has 0 aliphatic heterocycles. The van der Waals surface area contributed by atoms with Gasteiger partial charge in [0, 0.05) is 24.5 Å². The molecule has 2 N–H and O–H groups in total. The highest BCUT2D eigenvalue weighted by atomic mass is 32.2. The summed E-state index contributed by atoms with van der Waals surface area (Å²) in [5, 5.41) is 0. The third-order valence-electron chi connectivity index (χ3n) is 2.99. The second kappa shape index (κ2) is 6.09. The molecule has 0 fully saturated rings. The van der Waals surface area contributed by atoms with Crippen LogP contribution in [0.4, 0.5) is 10.1 Å². The summed E-state index contributed by atoms with van der Waals surface area (Å²) in [4.78, 5) is 11.6. The highest BCUT2D eigenvalue weighted by molar-refractivity contribution is 7.91. The molecule has 2 rings (SSSR count). The first kappa shape index (κ1) is 15.2. The van der Waals surface area contributed by atoms with E-state index < -0.39 is 15.7 Å². The minimum Gasteiger partial charge on any atom is -0.398 e. The zero-order valence-corrected chi connectivity index (χ0v) is 12.0. The molecule has 0 atom stereocenters. The second-order valence-corrected chi connectivity index (χ2v) is 6.73. The van der Waals surface area contributed by atoms with E-state index >= 15 is 0 Å². The van der Waals surface area contributed by atoms with Crippen LogP contribution in [0.2, 0.25) is 0 Å². The largest absolute Gasteiger partial charge is 0.398 e. The lowest BCUT2D eigenvalue weighted by molar-refractivity contribution is 0.583. The van der Waals surface area contributed by atoms with Gasteiger partial charge in [-0.2, -0.15) is 0 Å². The number of hydrogen-bond donors (Lipinski definition) is 1. The van der Waals surface area contributed by atoms with E-state index in [0.29, 0.717) is 5.69 Å². The Balaban J connectivity index is 2.04. The number of sulfone groups is 1. The summed E-state index contributed by atoms with van der Waals surface area (Å²) in [6.07, 6.45) is 1.75. The number of aryl methyl sites for hydroxylation is 1. The minimum atomic E-state index is -3.48. The standard InChI is InChI=1S/C14H15FN2O3S/c15-11-2-5-13(6-3-11)21(19,20)9-1-8-17-10-12(16)4-7-14(17)18/h2-7,10H,1,8-9,16H2. The molecule has 21 heavy (non-hydrogen) atoms. The second-order valence-electron chi connectivity index (χ2n) is 4.62. The van der Waals surface area contributed by atoms with Gasteiger partial charge in [0.05, 0.1) is 10.6 Å². The van der Waals surface area contributed by atoms with Crippen molar-refractivity contribution in [2.24, 2.45) is 0 Å². The van der Waals surface area contributed by atoms with Gasteiger partial charge in [-0.3, -0.25) is 4.79 Å². The maximum atomic E-state index is 12.8.